The highest BCUT2D eigenvalue weighted by Gasteiger charge is 2.14. The van der Waals surface area contributed by atoms with Crippen LogP contribution < -0.4 is 4.74 Å². The number of ether oxygens (including phenoxy) is 1. The van der Waals surface area contributed by atoms with Crippen LogP contribution in [-0.2, 0) is 22.0 Å². The van der Waals surface area contributed by atoms with Gasteiger partial charge in [0, 0.05) is 0 Å². The summed E-state index contributed by atoms with van der Waals surface area (Å²) in [5.41, 5.74) is 4.02. The Morgan fingerprint density at radius 1 is 1.00 bits per heavy atom. The van der Waals surface area contributed by atoms with Crippen molar-refractivity contribution in [2.75, 3.05) is 12.9 Å². The number of hydrogen-bond acceptors (Lipinski definition) is 3. The van der Waals surface area contributed by atoms with Gasteiger partial charge in [0.2, 0.25) is 0 Å². The lowest BCUT2D eigenvalue weighted by atomic mass is 10.1. The van der Waals surface area contributed by atoms with Crippen molar-refractivity contribution >= 4 is 9.84 Å². The molecule has 0 bridgehead atoms. The molecule has 0 unspecified atom stereocenters. The van der Waals surface area contributed by atoms with E-state index < -0.39 is 9.84 Å². The smallest absolute Gasteiger partial charge is 0.154 e. The molecular formula is C18H22O3S. The van der Waals surface area contributed by atoms with E-state index in [-0.39, 0.29) is 11.5 Å². The molecule has 0 amide bonds. The van der Waals surface area contributed by atoms with E-state index in [9.17, 15) is 8.42 Å². The summed E-state index contributed by atoms with van der Waals surface area (Å²) in [6.07, 6.45) is 0.525. The highest BCUT2D eigenvalue weighted by molar-refractivity contribution is 7.90. The molecule has 2 rings (SSSR count). The first-order valence-corrected chi connectivity index (χ1v) is 9.11. The fourth-order valence-corrected chi connectivity index (χ4v) is 3.81. The van der Waals surface area contributed by atoms with Gasteiger partial charge in [0.1, 0.15) is 5.75 Å². The lowest BCUT2D eigenvalue weighted by molar-refractivity contribution is 0.414. The standard InChI is InChI=1S/C18H22O3S/c1-14-4-5-15(2)17(12-14)13-22(19,20)11-10-16-6-8-18(21-3)9-7-16/h4-9,12H,10-11,13H2,1-3H3. The molecule has 118 valence electrons. The van der Waals surface area contributed by atoms with E-state index in [2.05, 4.69) is 0 Å². The Bertz CT molecular complexity index is 731. The molecule has 0 aliphatic heterocycles. The van der Waals surface area contributed by atoms with Crippen molar-refractivity contribution in [1.82, 2.24) is 0 Å². The number of aryl methyl sites for hydroxylation is 3. The predicted molar refractivity (Wildman–Crippen MR) is 90.1 cm³/mol. The van der Waals surface area contributed by atoms with E-state index >= 15 is 0 Å². The Balaban J connectivity index is 2.02. The van der Waals surface area contributed by atoms with Crippen LogP contribution in [0.25, 0.3) is 0 Å². The highest BCUT2D eigenvalue weighted by Crippen LogP contribution is 2.16. The van der Waals surface area contributed by atoms with Gasteiger partial charge in [-0.05, 0) is 49.1 Å². The van der Waals surface area contributed by atoms with Crippen molar-refractivity contribution in [3.05, 3.63) is 64.7 Å². The van der Waals surface area contributed by atoms with Crippen molar-refractivity contribution in [3.63, 3.8) is 0 Å². The zero-order chi connectivity index (χ0) is 16.2. The van der Waals surface area contributed by atoms with Crippen molar-refractivity contribution in [2.45, 2.75) is 26.0 Å². The Morgan fingerprint density at radius 3 is 2.32 bits per heavy atom. The largest absolute Gasteiger partial charge is 0.497 e. The molecule has 4 heteroatoms. The molecule has 3 nitrogen and oxygen atoms in total. The summed E-state index contributed by atoms with van der Waals surface area (Å²) in [5.74, 6) is 1.05. The topological polar surface area (TPSA) is 43.4 Å². The van der Waals surface area contributed by atoms with Gasteiger partial charge in [-0.25, -0.2) is 8.42 Å². The van der Waals surface area contributed by atoms with Crippen molar-refractivity contribution < 1.29 is 13.2 Å². The van der Waals surface area contributed by atoms with Crippen LogP contribution >= 0.6 is 0 Å². The van der Waals surface area contributed by atoms with E-state index in [0.717, 1.165) is 28.0 Å². The molecule has 2 aromatic rings. The Kier molecular flexibility index (Phi) is 5.24. The van der Waals surface area contributed by atoms with Crippen molar-refractivity contribution in [2.24, 2.45) is 0 Å². The predicted octanol–water partition coefficient (Wildman–Crippen LogP) is 3.47. The minimum Gasteiger partial charge on any atom is -0.497 e. The van der Waals surface area contributed by atoms with Crippen LogP contribution in [0.5, 0.6) is 5.75 Å². The molecule has 22 heavy (non-hydrogen) atoms. The minimum absolute atomic E-state index is 0.108. The van der Waals surface area contributed by atoms with Crippen LogP contribution in [0.3, 0.4) is 0 Å². The number of methoxy groups -OCH3 is 1. The minimum atomic E-state index is -3.12. The average Bonchev–Trinajstić information content (AvgIpc) is 2.49. The Morgan fingerprint density at radius 2 is 1.68 bits per heavy atom. The molecule has 0 aliphatic rings. The number of benzene rings is 2. The quantitative estimate of drug-likeness (QED) is 0.819. The maximum atomic E-state index is 12.3. The highest BCUT2D eigenvalue weighted by atomic mass is 32.2. The normalized spacial score (nSPS) is 11.4. The average molecular weight is 318 g/mol. The zero-order valence-corrected chi connectivity index (χ0v) is 14.1. The number of rotatable bonds is 6. The molecule has 0 aliphatic carbocycles. The second-order valence-electron chi connectivity index (χ2n) is 5.62. The molecule has 2 aromatic carbocycles. The van der Waals surface area contributed by atoms with Gasteiger partial charge in [-0.2, -0.15) is 0 Å². The monoisotopic (exact) mass is 318 g/mol. The van der Waals surface area contributed by atoms with Gasteiger partial charge in [0.05, 0.1) is 18.6 Å². The van der Waals surface area contributed by atoms with E-state index in [1.165, 1.54) is 0 Å². The van der Waals surface area contributed by atoms with Crippen LogP contribution in [0.4, 0.5) is 0 Å². The van der Waals surface area contributed by atoms with Gasteiger partial charge in [0.15, 0.2) is 9.84 Å². The molecule has 0 N–H and O–H groups in total. The summed E-state index contributed by atoms with van der Waals surface area (Å²) < 4.78 is 29.8. The maximum Gasteiger partial charge on any atom is 0.154 e. The molecular weight excluding hydrogens is 296 g/mol. The molecule has 0 atom stereocenters. The van der Waals surface area contributed by atoms with E-state index in [4.69, 9.17) is 4.74 Å². The molecule has 0 spiro atoms. The second kappa shape index (κ2) is 6.97. The third kappa shape index (κ3) is 4.60. The van der Waals surface area contributed by atoms with E-state index in [1.807, 2.05) is 56.3 Å². The van der Waals surface area contributed by atoms with Gasteiger partial charge >= 0.3 is 0 Å². The Labute approximate surface area is 132 Å². The zero-order valence-electron chi connectivity index (χ0n) is 13.3. The van der Waals surface area contributed by atoms with Crippen LogP contribution in [0.2, 0.25) is 0 Å². The molecule has 0 aromatic heterocycles. The number of sulfone groups is 1. The summed E-state index contributed by atoms with van der Waals surface area (Å²) in [5, 5.41) is 0. The SMILES string of the molecule is COc1ccc(CCS(=O)(=O)Cc2cc(C)ccc2C)cc1. The summed E-state index contributed by atoms with van der Waals surface area (Å²) in [7, 11) is -1.50. The third-order valence-corrected chi connectivity index (χ3v) is 5.32. The molecule has 0 radical (unpaired) electrons. The molecule has 0 fully saturated rings. The first-order valence-electron chi connectivity index (χ1n) is 7.29. The maximum absolute atomic E-state index is 12.3. The summed E-state index contributed by atoms with van der Waals surface area (Å²) in [6.45, 7) is 3.93. The van der Waals surface area contributed by atoms with E-state index in [1.54, 1.807) is 7.11 Å². The van der Waals surface area contributed by atoms with Crippen LogP contribution in [0.15, 0.2) is 42.5 Å². The van der Waals surface area contributed by atoms with Gasteiger partial charge in [-0.15, -0.1) is 0 Å². The van der Waals surface area contributed by atoms with Gasteiger partial charge in [-0.3, -0.25) is 0 Å². The van der Waals surface area contributed by atoms with Gasteiger partial charge in [-0.1, -0.05) is 35.9 Å². The van der Waals surface area contributed by atoms with Gasteiger partial charge < -0.3 is 4.74 Å². The first kappa shape index (κ1) is 16.6. The van der Waals surface area contributed by atoms with Crippen LogP contribution in [-0.4, -0.2) is 21.3 Å². The summed E-state index contributed by atoms with van der Waals surface area (Å²) in [4.78, 5) is 0. The first-order chi connectivity index (χ1) is 10.4. The van der Waals surface area contributed by atoms with Crippen molar-refractivity contribution in [1.29, 1.82) is 0 Å². The van der Waals surface area contributed by atoms with Crippen LogP contribution in [0.1, 0.15) is 22.3 Å². The molecule has 0 saturated heterocycles. The Hall–Kier alpha value is -1.81. The fourth-order valence-electron chi connectivity index (χ4n) is 2.33. The summed E-state index contributed by atoms with van der Waals surface area (Å²) in [6, 6.07) is 13.5. The number of hydrogen-bond donors (Lipinski definition) is 0. The second-order valence-corrected chi connectivity index (χ2v) is 7.80. The lowest BCUT2D eigenvalue weighted by Gasteiger charge is -2.09. The fraction of sp³-hybridized carbons (Fsp3) is 0.333. The summed E-state index contributed by atoms with van der Waals surface area (Å²) >= 11 is 0. The third-order valence-electron chi connectivity index (χ3n) is 3.74. The molecule has 0 saturated carbocycles. The van der Waals surface area contributed by atoms with Crippen LogP contribution in [0, 0.1) is 13.8 Å². The molecule has 0 heterocycles. The lowest BCUT2D eigenvalue weighted by Crippen LogP contribution is -2.12. The van der Waals surface area contributed by atoms with E-state index in [0.29, 0.717) is 6.42 Å². The van der Waals surface area contributed by atoms with Crippen molar-refractivity contribution in [3.8, 4) is 5.75 Å². The van der Waals surface area contributed by atoms with Gasteiger partial charge in [0.25, 0.3) is 0 Å².